The lowest BCUT2D eigenvalue weighted by molar-refractivity contribution is -0.133. The summed E-state index contributed by atoms with van der Waals surface area (Å²) >= 11 is 1.87. The summed E-state index contributed by atoms with van der Waals surface area (Å²) in [6, 6.07) is 3.06. The van der Waals surface area contributed by atoms with E-state index in [1.54, 1.807) is 7.11 Å². The van der Waals surface area contributed by atoms with E-state index >= 15 is 0 Å². The van der Waals surface area contributed by atoms with Crippen LogP contribution in [0.15, 0.2) is 6.07 Å². The molecule has 0 bridgehead atoms. The first kappa shape index (κ1) is 15.0. The van der Waals surface area contributed by atoms with Crippen LogP contribution in [0.5, 0.6) is 0 Å². The Morgan fingerprint density at radius 1 is 1.47 bits per heavy atom. The second-order valence-corrected chi connectivity index (χ2v) is 6.75. The number of hydrogen-bond donors (Lipinski definition) is 1. The topological polar surface area (TPSA) is 30.5 Å². The van der Waals surface area contributed by atoms with Gasteiger partial charge in [-0.2, -0.15) is 0 Å². The monoisotopic (exact) mass is 283 g/mol. The second-order valence-electron chi connectivity index (χ2n) is 5.29. The zero-order valence-electron chi connectivity index (χ0n) is 12.5. The maximum Gasteiger partial charge on any atom is 0.0987 e. The molecular formula is C15H25NO2S. The minimum atomic E-state index is 0.183. The second kappa shape index (κ2) is 6.35. The molecule has 3 nitrogen and oxygen atoms in total. The van der Waals surface area contributed by atoms with Gasteiger partial charge in [0.25, 0.3) is 0 Å². The van der Waals surface area contributed by atoms with Crippen LogP contribution in [0.3, 0.4) is 0 Å². The van der Waals surface area contributed by atoms with Gasteiger partial charge in [-0.15, -0.1) is 11.3 Å². The maximum atomic E-state index is 5.66. The van der Waals surface area contributed by atoms with Crippen molar-refractivity contribution in [3.63, 3.8) is 0 Å². The first-order chi connectivity index (χ1) is 9.06. The highest BCUT2D eigenvalue weighted by Gasteiger charge is 2.42. The largest absolute Gasteiger partial charge is 0.377 e. The molecule has 0 radical (unpaired) electrons. The molecule has 0 aromatic carbocycles. The third-order valence-corrected chi connectivity index (χ3v) is 4.89. The predicted molar refractivity (Wildman–Crippen MR) is 80.0 cm³/mol. The van der Waals surface area contributed by atoms with E-state index in [1.807, 2.05) is 18.3 Å². The van der Waals surface area contributed by atoms with Crippen LogP contribution in [0.1, 0.15) is 41.6 Å². The van der Waals surface area contributed by atoms with Crippen LogP contribution in [0, 0.1) is 13.8 Å². The van der Waals surface area contributed by atoms with Crippen molar-refractivity contribution >= 4 is 11.3 Å². The van der Waals surface area contributed by atoms with E-state index in [9.17, 15) is 0 Å². The Balaban J connectivity index is 1.93. The highest BCUT2D eigenvalue weighted by atomic mass is 32.1. The van der Waals surface area contributed by atoms with E-state index < -0.39 is 0 Å². The molecule has 1 aliphatic carbocycles. The lowest BCUT2D eigenvalue weighted by atomic mass is 9.84. The molecular weight excluding hydrogens is 258 g/mol. The van der Waals surface area contributed by atoms with E-state index in [-0.39, 0.29) is 12.2 Å². The number of ether oxygens (including phenoxy) is 2. The summed E-state index contributed by atoms with van der Waals surface area (Å²) in [4.78, 5) is 2.79. The summed E-state index contributed by atoms with van der Waals surface area (Å²) in [7, 11) is 1.77. The van der Waals surface area contributed by atoms with Gasteiger partial charge >= 0.3 is 0 Å². The van der Waals surface area contributed by atoms with Crippen molar-refractivity contribution in [3.8, 4) is 0 Å². The number of aryl methyl sites for hydroxylation is 2. The molecule has 1 heterocycles. The third-order valence-electron chi connectivity index (χ3n) is 3.91. The summed E-state index contributed by atoms with van der Waals surface area (Å²) in [5.74, 6) is 0. The standard InChI is InChI=1S/C15H25NO2S/c1-6-18-14-8-13(15(14)17-5)16-10(3)12-7-9(2)19-11(12)4/h7,10,13-16H,6,8H2,1-5H3. The van der Waals surface area contributed by atoms with Crippen molar-refractivity contribution in [2.75, 3.05) is 13.7 Å². The van der Waals surface area contributed by atoms with Crippen LogP contribution >= 0.6 is 11.3 Å². The van der Waals surface area contributed by atoms with Gasteiger partial charge in [-0.3, -0.25) is 0 Å². The fourth-order valence-electron chi connectivity index (χ4n) is 2.93. The average Bonchev–Trinajstić information content (AvgIpc) is 2.67. The molecule has 0 aliphatic heterocycles. The van der Waals surface area contributed by atoms with Crippen LogP contribution in [-0.4, -0.2) is 32.0 Å². The van der Waals surface area contributed by atoms with Crippen molar-refractivity contribution in [2.45, 2.75) is 58.4 Å². The lowest BCUT2D eigenvalue weighted by Crippen LogP contribution is -2.60. The Labute approximate surface area is 120 Å². The van der Waals surface area contributed by atoms with E-state index in [0.29, 0.717) is 12.1 Å². The third kappa shape index (κ3) is 3.19. The molecule has 4 atom stereocenters. The zero-order chi connectivity index (χ0) is 14.0. The van der Waals surface area contributed by atoms with Gasteiger partial charge in [0.2, 0.25) is 0 Å². The first-order valence-electron chi connectivity index (χ1n) is 7.04. The fourth-order valence-corrected chi connectivity index (χ4v) is 3.95. The van der Waals surface area contributed by atoms with E-state index in [1.165, 1.54) is 15.3 Å². The van der Waals surface area contributed by atoms with Crippen LogP contribution in [-0.2, 0) is 9.47 Å². The molecule has 1 aliphatic rings. The van der Waals surface area contributed by atoms with Gasteiger partial charge in [0.15, 0.2) is 0 Å². The van der Waals surface area contributed by atoms with Gasteiger partial charge in [-0.05, 0) is 45.7 Å². The lowest BCUT2D eigenvalue weighted by Gasteiger charge is -2.44. The summed E-state index contributed by atoms with van der Waals surface area (Å²) in [5.41, 5.74) is 1.41. The molecule has 4 unspecified atom stereocenters. The predicted octanol–water partition coefficient (Wildman–Crippen LogP) is 3.21. The quantitative estimate of drug-likeness (QED) is 0.869. The molecule has 1 aromatic heterocycles. The van der Waals surface area contributed by atoms with E-state index in [4.69, 9.17) is 9.47 Å². The molecule has 0 saturated heterocycles. The van der Waals surface area contributed by atoms with Crippen molar-refractivity contribution in [1.82, 2.24) is 5.32 Å². The first-order valence-corrected chi connectivity index (χ1v) is 7.85. The number of thiophene rings is 1. The Hall–Kier alpha value is -0.420. The Morgan fingerprint density at radius 2 is 2.21 bits per heavy atom. The van der Waals surface area contributed by atoms with Gasteiger partial charge in [0.1, 0.15) is 0 Å². The van der Waals surface area contributed by atoms with Gasteiger partial charge in [-0.25, -0.2) is 0 Å². The van der Waals surface area contributed by atoms with Gasteiger partial charge in [0, 0.05) is 35.6 Å². The molecule has 1 fully saturated rings. The maximum absolute atomic E-state index is 5.66. The summed E-state index contributed by atoms with van der Waals surface area (Å²) in [6.45, 7) is 9.39. The van der Waals surface area contributed by atoms with Crippen LogP contribution in [0.2, 0.25) is 0 Å². The Kier molecular flexibility index (Phi) is 5.01. The normalized spacial score (nSPS) is 28.2. The smallest absolute Gasteiger partial charge is 0.0987 e. The molecule has 2 rings (SSSR count). The van der Waals surface area contributed by atoms with Crippen LogP contribution in [0.25, 0.3) is 0 Å². The Bertz CT molecular complexity index is 418. The summed E-state index contributed by atoms with van der Waals surface area (Å²) in [5, 5.41) is 3.68. The van der Waals surface area contributed by atoms with Gasteiger partial charge in [0.05, 0.1) is 12.2 Å². The highest BCUT2D eigenvalue weighted by Crippen LogP contribution is 2.31. The van der Waals surface area contributed by atoms with Gasteiger partial charge < -0.3 is 14.8 Å². The van der Waals surface area contributed by atoms with Crippen LogP contribution in [0.4, 0.5) is 0 Å². The molecule has 4 heteroatoms. The number of methoxy groups -OCH3 is 1. The molecule has 108 valence electrons. The van der Waals surface area contributed by atoms with Crippen molar-refractivity contribution < 1.29 is 9.47 Å². The zero-order valence-corrected chi connectivity index (χ0v) is 13.3. The molecule has 1 saturated carbocycles. The van der Waals surface area contributed by atoms with E-state index in [2.05, 4.69) is 32.2 Å². The highest BCUT2D eigenvalue weighted by molar-refractivity contribution is 7.12. The number of rotatable bonds is 6. The molecule has 0 spiro atoms. The molecule has 1 N–H and O–H groups in total. The van der Waals surface area contributed by atoms with Gasteiger partial charge in [-0.1, -0.05) is 0 Å². The summed E-state index contributed by atoms with van der Waals surface area (Å²) < 4.78 is 11.2. The molecule has 1 aromatic rings. The SMILES string of the molecule is CCOC1CC(NC(C)c2cc(C)sc2C)C1OC. The minimum absolute atomic E-state index is 0.183. The summed E-state index contributed by atoms with van der Waals surface area (Å²) in [6.07, 6.45) is 1.48. The van der Waals surface area contributed by atoms with E-state index in [0.717, 1.165) is 13.0 Å². The molecule has 0 amide bonds. The van der Waals surface area contributed by atoms with Crippen LogP contribution < -0.4 is 5.32 Å². The van der Waals surface area contributed by atoms with Crippen molar-refractivity contribution in [2.24, 2.45) is 0 Å². The molecule has 19 heavy (non-hydrogen) atoms. The minimum Gasteiger partial charge on any atom is -0.377 e. The fraction of sp³-hybridized carbons (Fsp3) is 0.733. The number of hydrogen-bond acceptors (Lipinski definition) is 4. The van der Waals surface area contributed by atoms with Crippen molar-refractivity contribution in [3.05, 3.63) is 21.4 Å². The number of nitrogens with one attached hydrogen (secondary N) is 1. The Morgan fingerprint density at radius 3 is 2.74 bits per heavy atom. The van der Waals surface area contributed by atoms with Crippen molar-refractivity contribution in [1.29, 1.82) is 0 Å². The average molecular weight is 283 g/mol.